The van der Waals surface area contributed by atoms with Crippen LogP contribution in [0.2, 0.25) is 0 Å². The van der Waals surface area contributed by atoms with E-state index in [0.717, 1.165) is 18.4 Å². The number of nitrogens with zero attached hydrogens (tertiary/aromatic N) is 1. The second kappa shape index (κ2) is 6.01. The molecule has 2 rings (SSSR count). The molecular formula is C15H22N2O. The predicted octanol–water partition coefficient (Wildman–Crippen LogP) is 1.96. The van der Waals surface area contributed by atoms with Crippen LogP contribution in [0, 0.1) is 0 Å². The second-order valence-electron chi connectivity index (χ2n) is 5.13. The van der Waals surface area contributed by atoms with E-state index in [4.69, 9.17) is 5.73 Å². The van der Waals surface area contributed by atoms with E-state index in [1.807, 2.05) is 35.2 Å². The van der Waals surface area contributed by atoms with Gasteiger partial charge >= 0.3 is 0 Å². The highest BCUT2D eigenvalue weighted by molar-refractivity contribution is 5.79. The first-order chi connectivity index (χ1) is 8.72. The Kier molecular flexibility index (Phi) is 4.37. The first kappa shape index (κ1) is 13.1. The molecule has 2 atom stereocenters. The minimum Gasteiger partial charge on any atom is -0.335 e. The summed E-state index contributed by atoms with van der Waals surface area (Å²) in [6.45, 7) is 2.70. The summed E-state index contributed by atoms with van der Waals surface area (Å²) in [5, 5.41) is 0. The van der Waals surface area contributed by atoms with Crippen LogP contribution < -0.4 is 5.73 Å². The molecule has 18 heavy (non-hydrogen) atoms. The van der Waals surface area contributed by atoms with Crippen molar-refractivity contribution in [3.8, 4) is 0 Å². The highest BCUT2D eigenvalue weighted by atomic mass is 16.2. The van der Waals surface area contributed by atoms with Gasteiger partial charge in [0.1, 0.15) is 0 Å². The first-order valence-electron chi connectivity index (χ1n) is 6.77. The third-order valence-corrected chi connectivity index (χ3v) is 3.79. The molecule has 1 saturated heterocycles. The molecule has 3 nitrogen and oxygen atoms in total. The second-order valence-corrected chi connectivity index (χ2v) is 5.13. The summed E-state index contributed by atoms with van der Waals surface area (Å²) in [6.07, 6.45) is 3.80. The minimum absolute atomic E-state index is 0.212. The van der Waals surface area contributed by atoms with Crippen LogP contribution in [-0.2, 0) is 11.2 Å². The molecule has 1 fully saturated rings. The number of nitrogens with two attached hydrogens (primary N) is 1. The van der Waals surface area contributed by atoms with Gasteiger partial charge in [0.15, 0.2) is 0 Å². The zero-order chi connectivity index (χ0) is 13.0. The summed E-state index contributed by atoms with van der Waals surface area (Å²) in [7, 11) is 0. The maximum absolute atomic E-state index is 12.4. The van der Waals surface area contributed by atoms with Crippen LogP contribution in [0.15, 0.2) is 30.3 Å². The number of hydrogen-bond acceptors (Lipinski definition) is 2. The van der Waals surface area contributed by atoms with Gasteiger partial charge in [-0.2, -0.15) is 0 Å². The van der Waals surface area contributed by atoms with E-state index in [1.54, 1.807) is 0 Å². The Bertz CT molecular complexity index is 391. The van der Waals surface area contributed by atoms with Crippen LogP contribution in [0.5, 0.6) is 0 Å². The van der Waals surface area contributed by atoms with E-state index >= 15 is 0 Å². The fourth-order valence-corrected chi connectivity index (χ4v) is 2.83. The zero-order valence-corrected chi connectivity index (χ0v) is 11.0. The van der Waals surface area contributed by atoms with Crippen molar-refractivity contribution in [2.75, 3.05) is 6.54 Å². The topological polar surface area (TPSA) is 46.3 Å². The van der Waals surface area contributed by atoms with Crippen molar-refractivity contribution in [1.29, 1.82) is 0 Å². The quantitative estimate of drug-likeness (QED) is 0.886. The molecule has 2 unspecified atom stereocenters. The average Bonchev–Trinajstić information content (AvgIpc) is 2.39. The van der Waals surface area contributed by atoms with Gasteiger partial charge in [0.2, 0.25) is 5.91 Å². The van der Waals surface area contributed by atoms with Gasteiger partial charge in [-0.15, -0.1) is 0 Å². The first-order valence-corrected chi connectivity index (χ1v) is 6.77. The van der Waals surface area contributed by atoms with Crippen molar-refractivity contribution in [3.05, 3.63) is 35.9 Å². The van der Waals surface area contributed by atoms with Crippen molar-refractivity contribution in [1.82, 2.24) is 4.90 Å². The van der Waals surface area contributed by atoms with Crippen LogP contribution in [0.3, 0.4) is 0 Å². The third-order valence-electron chi connectivity index (χ3n) is 3.79. The largest absolute Gasteiger partial charge is 0.335 e. The number of hydrogen-bond donors (Lipinski definition) is 1. The normalized spacial score (nSPS) is 24.0. The number of likely N-dealkylation sites (tertiary alicyclic amines) is 1. The molecule has 1 aromatic carbocycles. The molecule has 3 heteroatoms. The lowest BCUT2D eigenvalue weighted by Crippen LogP contribution is -2.52. The van der Waals surface area contributed by atoms with Gasteiger partial charge in [0, 0.05) is 18.6 Å². The lowest BCUT2D eigenvalue weighted by Gasteiger charge is -2.40. The summed E-state index contributed by atoms with van der Waals surface area (Å²) >= 11 is 0. The molecule has 0 bridgehead atoms. The van der Waals surface area contributed by atoms with Crippen LogP contribution in [0.4, 0.5) is 0 Å². The SMILES string of the molecule is CC1CCCC(CN)N1C(=O)Cc1ccccc1. The maximum Gasteiger partial charge on any atom is 0.227 e. The molecule has 98 valence electrons. The Morgan fingerprint density at radius 2 is 2.06 bits per heavy atom. The lowest BCUT2D eigenvalue weighted by atomic mass is 9.95. The number of carbonyl (C=O) groups is 1. The summed E-state index contributed by atoms with van der Waals surface area (Å²) < 4.78 is 0. The van der Waals surface area contributed by atoms with E-state index in [-0.39, 0.29) is 11.9 Å². The Labute approximate surface area is 109 Å². The molecule has 0 aromatic heterocycles. The molecule has 1 amide bonds. The molecule has 1 aromatic rings. The van der Waals surface area contributed by atoms with E-state index in [1.165, 1.54) is 6.42 Å². The number of carbonyl (C=O) groups excluding carboxylic acids is 1. The van der Waals surface area contributed by atoms with Crippen molar-refractivity contribution >= 4 is 5.91 Å². The Morgan fingerprint density at radius 1 is 1.33 bits per heavy atom. The molecule has 0 saturated carbocycles. The number of piperidine rings is 1. The molecule has 2 N–H and O–H groups in total. The molecule has 0 radical (unpaired) electrons. The highest BCUT2D eigenvalue weighted by Gasteiger charge is 2.30. The van der Waals surface area contributed by atoms with E-state index < -0.39 is 0 Å². The van der Waals surface area contributed by atoms with Gasteiger partial charge in [0.25, 0.3) is 0 Å². The summed E-state index contributed by atoms with van der Waals surface area (Å²) in [4.78, 5) is 14.4. The highest BCUT2D eigenvalue weighted by Crippen LogP contribution is 2.23. The maximum atomic E-state index is 12.4. The van der Waals surface area contributed by atoms with Crippen molar-refractivity contribution in [2.24, 2.45) is 5.73 Å². The minimum atomic E-state index is 0.212. The Morgan fingerprint density at radius 3 is 2.72 bits per heavy atom. The van der Waals surface area contributed by atoms with Crippen molar-refractivity contribution in [2.45, 2.75) is 44.7 Å². The molecule has 1 heterocycles. The van der Waals surface area contributed by atoms with E-state index in [0.29, 0.717) is 19.0 Å². The van der Waals surface area contributed by atoms with Crippen LogP contribution in [-0.4, -0.2) is 29.4 Å². The van der Waals surface area contributed by atoms with E-state index in [9.17, 15) is 4.79 Å². The Hall–Kier alpha value is -1.35. The monoisotopic (exact) mass is 246 g/mol. The molecule has 1 aliphatic heterocycles. The molecule has 0 aliphatic carbocycles. The van der Waals surface area contributed by atoms with Crippen molar-refractivity contribution < 1.29 is 4.79 Å². The predicted molar refractivity (Wildman–Crippen MR) is 73.1 cm³/mol. The summed E-state index contributed by atoms with van der Waals surface area (Å²) in [5.41, 5.74) is 6.87. The van der Waals surface area contributed by atoms with Gasteiger partial charge in [-0.25, -0.2) is 0 Å². The average molecular weight is 246 g/mol. The fraction of sp³-hybridized carbons (Fsp3) is 0.533. The van der Waals surface area contributed by atoms with Gasteiger partial charge in [0.05, 0.1) is 6.42 Å². The van der Waals surface area contributed by atoms with Crippen LogP contribution in [0.1, 0.15) is 31.7 Å². The Balaban J connectivity index is 2.06. The van der Waals surface area contributed by atoms with Crippen molar-refractivity contribution in [3.63, 3.8) is 0 Å². The van der Waals surface area contributed by atoms with Crippen LogP contribution in [0.25, 0.3) is 0 Å². The smallest absolute Gasteiger partial charge is 0.227 e. The standard InChI is InChI=1S/C15H22N2O/c1-12-6-5-9-14(11-16)17(12)15(18)10-13-7-3-2-4-8-13/h2-4,7-8,12,14H,5-6,9-11,16H2,1H3. The zero-order valence-electron chi connectivity index (χ0n) is 11.0. The van der Waals surface area contributed by atoms with E-state index in [2.05, 4.69) is 6.92 Å². The number of amides is 1. The lowest BCUT2D eigenvalue weighted by molar-refractivity contribution is -0.136. The molecular weight excluding hydrogens is 224 g/mol. The van der Waals surface area contributed by atoms with Crippen LogP contribution >= 0.6 is 0 Å². The fourth-order valence-electron chi connectivity index (χ4n) is 2.83. The number of benzene rings is 1. The van der Waals surface area contributed by atoms with Gasteiger partial charge in [-0.1, -0.05) is 30.3 Å². The number of rotatable bonds is 3. The molecule has 1 aliphatic rings. The van der Waals surface area contributed by atoms with Gasteiger partial charge in [-0.3, -0.25) is 4.79 Å². The third kappa shape index (κ3) is 2.91. The summed E-state index contributed by atoms with van der Waals surface area (Å²) in [6, 6.07) is 10.5. The van der Waals surface area contributed by atoms with Gasteiger partial charge in [-0.05, 0) is 31.7 Å². The molecule has 0 spiro atoms. The van der Waals surface area contributed by atoms with Gasteiger partial charge < -0.3 is 10.6 Å². The summed E-state index contributed by atoms with van der Waals surface area (Å²) in [5.74, 6) is 0.212.